The number of hydrogen-bond donors (Lipinski definition) is 2. The van der Waals surface area contributed by atoms with Gasteiger partial charge in [-0.25, -0.2) is 0 Å². The standard InChI is InChI=1S/C23H37N5O2.HI/c1-24-23(25-15-21(27(2)3)17-9-11-20(30-4)12-10-17)26-19-13-14-28(16-19)22(29)18-7-5-6-8-18;/h9-12,18-19,21H,5-8,13-16H2,1-4H3,(H2,24,25,26);1H. The van der Waals surface area contributed by atoms with Crippen LogP contribution in [0, 0.1) is 5.92 Å². The maximum atomic E-state index is 12.7. The Morgan fingerprint density at radius 2 is 1.90 bits per heavy atom. The second-order valence-corrected chi connectivity index (χ2v) is 8.60. The molecule has 174 valence electrons. The second kappa shape index (κ2) is 12.5. The molecule has 1 aromatic rings. The van der Waals surface area contributed by atoms with Crippen molar-refractivity contribution in [3.05, 3.63) is 29.8 Å². The first-order valence-electron chi connectivity index (χ1n) is 11.1. The number of likely N-dealkylation sites (tertiary alicyclic amines) is 1. The van der Waals surface area contributed by atoms with E-state index in [0.29, 0.717) is 5.91 Å². The van der Waals surface area contributed by atoms with Gasteiger partial charge in [0.1, 0.15) is 5.75 Å². The Morgan fingerprint density at radius 1 is 1.23 bits per heavy atom. The van der Waals surface area contributed by atoms with E-state index in [0.717, 1.165) is 50.6 Å². The Balaban J connectivity index is 0.00000341. The van der Waals surface area contributed by atoms with Crippen LogP contribution in [0.25, 0.3) is 0 Å². The fourth-order valence-corrected chi connectivity index (χ4v) is 4.52. The monoisotopic (exact) mass is 543 g/mol. The molecule has 2 atom stereocenters. The summed E-state index contributed by atoms with van der Waals surface area (Å²) in [5.41, 5.74) is 1.22. The number of carbonyl (C=O) groups is 1. The first-order valence-corrected chi connectivity index (χ1v) is 11.1. The largest absolute Gasteiger partial charge is 0.497 e. The van der Waals surface area contributed by atoms with Gasteiger partial charge >= 0.3 is 0 Å². The Hall–Kier alpha value is -1.55. The van der Waals surface area contributed by atoms with Crippen molar-refractivity contribution < 1.29 is 9.53 Å². The predicted octanol–water partition coefficient (Wildman–Crippen LogP) is 2.87. The molecule has 0 bridgehead atoms. The van der Waals surface area contributed by atoms with E-state index in [9.17, 15) is 4.79 Å². The van der Waals surface area contributed by atoms with Crippen molar-refractivity contribution in [1.82, 2.24) is 20.4 Å². The van der Waals surface area contributed by atoms with Gasteiger partial charge in [-0.15, -0.1) is 24.0 Å². The number of likely N-dealkylation sites (N-methyl/N-ethyl adjacent to an activating group) is 1. The molecule has 31 heavy (non-hydrogen) atoms. The van der Waals surface area contributed by atoms with Gasteiger partial charge in [0, 0.05) is 38.6 Å². The lowest BCUT2D eigenvalue weighted by Gasteiger charge is -2.27. The molecule has 1 heterocycles. The molecule has 2 fully saturated rings. The number of hydrogen-bond acceptors (Lipinski definition) is 4. The van der Waals surface area contributed by atoms with Gasteiger partial charge in [0.2, 0.25) is 5.91 Å². The molecule has 1 saturated carbocycles. The molecule has 2 unspecified atom stereocenters. The van der Waals surface area contributed by atoms with Crippen LogP contribution in [0.1, 0.15) is 43.7 Å². The van der Waals surface area contributed by atoms with Gasteiger partial charge in [0.15, 0.2) is 5.96 Å². The molecule has 1 amide bonds. The number of aliphatic imine (C=N–C) groups is 1. The van der Waals surface area contributed by atoms with E-state index in [1.54, 1.807) is 14.2 Å². The summed E-state index contributed by atoms with van der Waals surface area (Å²) in [6.07, 6.45) is 5.49. The van der Waals surface area contributed by atoms with E-state index >= 15 is 0 Å². The number of rotatable bonds is 7. The molecule has 0 spiro atoms. The summed E-state index contributed by atoms with van der Waals surface area (Å²) < 4.78 is 5.27. The quantitative estimate of drug-likeness (QED) is 0.315. The summed E-state index contributed by atoms with van der Waals surface area (Å²) >= 11 is 0. The highest BCUT2D eigenvalue weighted by molar-refractivity contribution is 14.0. The minimum atomic E-state index is 0. The van der Waals surface area contributed by atoms with Gasteiger partial charge in [0.25, 0.3) is 0 Å². The highest BCUT2D eigenvalue weighted by atomic mass is 127. The van der Waals surface area contributed by atoms with Gasteiger partial charge < -0.3 is 25.2 Å². The lowest BCUT2D eigenvalue weighted by molar-refractivity contribution is -0.134. The fourth-order valence-electron chi connectivity index (χ4n) is 4.52. The molecular formula is C23H38IN5O2. The zero-order valence-corrected chi connectivity index (χ0v) is 21.6. The van der Waals surface area contributed by atoms with E-state index in [2.05, 4.69) is 46.8 Å². The summed E-state index contributed by atoms with van der Waals surface area (Å²) in [4.78, 5) is 21.3. The molecule has 1 aliphatic heterocycles. The summed E-state index contributed by atoms with van der Waals surface area (Å²) in [5.74, 6) is 2.26. The Morgan fingerprint density at radius 3 is 2.48 bits per heavy atom. The number of amides is 1. The topological polar surface area (TPSA) is 69.2 Å². The van der Waals surface area contributed by atoms with Gasteiger partial charge in [-0.2, -0.15) is 0 Å². The number of halogens is 1. The van der Waals surface area contributed by atoms with Crippen LogP contribution >= 0.6 is 24.0 Å². The summed E-state index contributed by atoms with van der Waals surface area (Å²) in [6, 6.07) is 8.65. The maximum absolute atomic E-state index is 12.7. The Bertz CT molecular complexity index is 719. The number of guanidine groups is 1. The molecule has 7 nitrogen and oxygen atoms in total. The third-order valence-corrected chi connectivity index (χ3v) is 6.36. The molecule has 8 heteroatoms. The summed E-state index contributed by atoms with van der Waals surface area (Å²) in [6.45, 7) is 2.35. The van der Waals surface area contributed by atoms with E-state index in [-0.39, 0.29) is 42.0 Å². The zero-order chi connectivity index (χ0) is 21.5. The lowest BCUT2D eigenvalue weighted by Crippen LogP contribution is -2.47. The normalized spacial score (nSPS) is 20.5. The van der Waals surface area contributed by atoms with Crippen LogP contribution in [0.5, 0.6) is 5.75 Å². The third kappa shape index (κ3) is 6.97. The fraction of sp³-hybridized carbons (Fsp3) is 0.652. The Kier molecular flexibility index (Phi) is 10.3. The lowest BCUT2D eigenvalue weighted by atomic mass is 10.1. The van der Waals surface area contributed by atoms with Gasteiger partial charge in [-0.1, -0.05) is 25.0 Å². The maximum Gasteiger partial charge on any atom is 0.225 e. The Labute approximate surface area is 204 Å². The molecular weight excluding hydrogens is 505 g/mol. The van der Waals surface area contributed by atoms with Crippen molar-refractivity contribution in [1.29, 1.82) is 0 Å². The van der Waals surface area contributed by atoms with Crippen molar-refractivity contribution in [2.75, 3.05) is 47.9 Å². The average Bonchev–Trinajstić information content (AvgIpc) is 3.45. The zero-order valence-electron chi connectivity index (χ0n) is 19.3. The molecule has 0 radical (unpaired) electrons. The van der Waals surface area contributed by atoms with Crippen molar-refractivity contribution in [3.8, 4) is 5.75 Å². The van der Waals surface area contributed by atoms with Crippen LogP contribution in [0.2, 0.25) is 0 Å². The minimum absolute atomic E-state index is 0. The number of ether oxygens (including phenoxy) is 1. The summed E-state index contributed by atoms with van der Waals surface area (Å²) in [7, 11) is 7.64. The average molecular weight is 543 g/mol. The van der Waals surface area contributed by atoms with Crippen LogP contribution < -0.4 is 15.4 Å². The molecule has 2 N–H and O–H groups in total. The van der Waals surface area contributed by atoms with Gasteiger partial charge in [0.05, 0.1) is 13.2 Å². The minimum Gasteiger partial charge on any atom is -0.497 e. The predicted molar refractivity (Wildman–Crippen MR) is 136 cm³/mol. The molecule has 1 aliphatic carbocycles. The van der Waals surface area contributed by atoms with E-state index in [1.165, 1.54) is 18.4 Å². The second-order valence-electron chi connectivity index (χ2n) is 8.60. The third-order valence-electron chi connectivity index (χ3n) is 6.36. The SMILES string of the molecule is CN=C(NCC(c1ccc(OC)cc1)N(C)C)NC1CCN(C(=O)C2CCCC2)C1.I. The molecule has 1 saturated heterocycles. The first-order chi connectivity index (χ1) is 14.5. The van der Waals surface area contributed by atoms with Crippen molar-refractivity contribution in [3.63, 3.8) is 0 Å². The van der Waals surface area contributed by atoms with Gasteiger partial charge in [-0.05, 0) is 51.1 Å². The van der Waals surface area contributed by atoms with Gasteiger partial charge in [-0.3, -0.25) is 9.79 Å². The highest BCUT2D eigenvalue weighted by Crippen LogP contribution is 2.28. The number of carbonyl (C=O) groups excluding carboxylic acids is 1. The smallest absolute Gasteiger partial charge is 0.225 e. The molecule has 2 aliphatic rings. The van der Waals surface area contributed by atoms with Crippen LogP contribution in [0.4, 0.5) is 0 Å². The van der Waals surface area contributed by atoms with E-state index < -0.39 is 0 Å². The van der Waals surface area contributed by atoms with E-state index in [1.807, 2.05) is 17.0 Å². The highest BCUT2D eigenvalue weighted by Gasteiger charge is 2.32. The van der Waals surface area contributed by atoms with Crippen LogP contribution in [0.3, 0.4) is 0 Å². The first kappa shape index (κ1) is 25.7. The number of nitrogens with zero attached hydrogens (tertiary/aromatic N) is 3. The van der Waals surface area contributed by atoms with Crippen LogP contribution in [-0.2, 0) is 4.79 Å². The number of methoxy groups -OCH3 is 1. The molecule has 0 aromatic heterocycles. The molecule has 3 rings (SSSR count). The van der Waals surface area contributed by atoms with Crippen molar-refractivity contribution in [2.24, 2.45) is 10.9 Å². The van der Waals surface area contributed by atoms with Crippen molar-refractivity contribution in [2.45, 2.75) is 44.2 Å². The number of nitrogens with one attached hydrogen (secondary N) is 2. The number of benzene rings is 1. The summed E-state index contributed by atoms with van der Waals surface area (Å²) in [5, 5.41) is 6.98. The van der Waals surface area contributed by atoms with Crippen molar-refractivity contribution >= 4 is 35.8 Å². The van der Waals surface area contributed by atoms with Crippen LogP contribution in [-0.4, -0.2) is 75.6 Å². The van der Waals surface area contributed by atoms with E-state index in [4.69, 9.17) is 4.74 Å². The molecule has 1 aromatic carbocycles. The van der Waals surface area contributed by atoms with Crippen LogP contribution in [0.15, 0.2) is 29.3 Å².